The number of thiazole rings is 1. The first-order valence-corrected chi connectivity index (χ1v) is 7.70. The zero-order valence-corrected chi connectivity index (χ0v) is 11.9. The van der Waals surface area contributed by atoms with Crippen LogP contribution in [0.5, 0.6) is 0 Å². The van der Waals surface area contributed by atoms with Gasteiger partial charge in [-0.25, -0.2) is 4.98 Å². The minimum Gasteiger partial charge on any atom is -0.337 e. The van der Waals surface area contributed by atoms with E-state index in [0.29, 0.717) is 11.0 Å². The molecule has 1 aliphatic rings. The summed E-state index contributed by atoms with van der Waals surface area (Å²) in [6, 6.07) is 8.32. The van der Waals surface area contributed by atoms with Crippen molar-refractivity contribution in [3.63, 3.8) is 0 Å². The molecule has 1 heterocycles. The largest absolute Gasteiger partial charge is 0.337 e. The summed E-state index contributed by atoms with van der Waals surface area (Å²) in [4.78, 5) is 18.8. The van der Waals surface area contributed by atoms with Crippen LogP contribution in [0.1, 0.15) is 41.9 Å². The molecule has 0 aliphatic heterocycles. The van der Waals surface area contributed by atoms with Crippen LogP contribution in [0.4, 0.5) is 0 Å². The number of benzene rings is 1. The van der Waals surface area contributed by atoms with Gasteiger partial charge < -0.3 is 4.90 Å². The molecule has 19 heavy (non-hydrogen) atoms. The fourth-order valence-corrected chi connectivity index (χ4v) is 3.70. The molecule has 0 spiro atoms. The molecule has 0 saturated heterocycles. The van der Waals surface area contributed by atoms with Gasteiger partial charge in [0.2, 0.25) is 0 Å². The second-order valence-electron chi connectivity index (χ2n) is 5.19. The second-order valence-corrected chi connectivity index (χ2v) is 6.23. The summed E-state index contributed by atoms with van der Waals surface area (Å²) in [6.45, 7) is 0. The molecule has 0 atom stereocenters. The summed E-state index contributed by atoms with van der Waals surface area (Å²) in [6.07, 6.45) is 6.05. The van der Waals surface area contributed by atoms with Crippen molar-refractivity contribution in [1.82, 2.24) is 9.88 Å². The van der Waals surface area contributed by atoms with E-state index in [1.165, 1.54) is 30.6 Å². The van der Waals surface area contributed by atoms with Crippen molar-refractivity contribution in [1.29, 1.82) is 0 Å². The molecule has 1 aromatic heterocycles. The van der Waals surface area contributed by atoms with Crippen molar-refractivity contribution in [2.24, 2.45) is 0 Å². The Balaban J connectivity index is 1.82. The van der Waals surface area contributed by atoms with Gasteiger partial charge in [0.15, 0.2) is 5.01 Å². The minimum absolute atomic E-state index is 0.0769. The Hall–Kier alpha value is -1.42. The average molecular weight is 274 g/mol. The molecule has 1 aliphatic carbocycles. The molecular weight excluding hydrogens is 256 g/mol. The lowest BCUT2D eigenvalue weighted by Gasteiger charge is -2.30. The Kier molecular flexibility index (Phi) is 3.51. The third-order valence-electron chi connectivity index (χ3n) is 3.92. The fourth-order valence-electron chi connectivity index (χ4n) is 2.75. The molecule has 3 nitrogen and oxygen atoms in total. The van der Waals surface area contributed by atoms with Gasteiger partial charge in [0, 0.05) is 13.1 Å². The van der Waals surface area contributed by atoms with Crippen molar-refractivity contribution >= 4 is 27.5 Å². The summed E-state index contributed by atoms with van der Waals surface area (Å²) >= 11 is 1.50. The van der Waals surface area contributed by atoms with Crippen LogP contribution in [0, 0.1) is 0 Å². The molecule has 0 N–H and O–H groups in total. The maximum absolute atomic E-state index is 12.5. The maximum Gasteiger partial charge on any atom is 0.282 e. The Bertz CT molecular complexity index is 554. The Labute approximate surface area is 117 Å². The van der Waals surface area contributed by atoms with Crippen molar-refractivity contribution in [3.8, 4) is 0 Å². The Morgan fingerprint density at radius 2 is 2.00 bits per heavy atom. The molecule has 0 radical (unpaired) electrons. The van der Waals surface area contributed by atoms with E-state index >= 15 is 0 Å². The van der Waals surface area contributed by atoms with Crippen LogP contribution < -0.4 is 0 Å². The molecule has 1 fully saturated rings. The summed E-state index contributed by atoms with van der Waals surface area (Å²) in [5.74, 6) is 0.0769. The van der Waals surface area contributed by atoms with Gasteiger partial charge >= 0.3 is 0 Å². The quantitative estimate of drug-likeness (QED) is 0.836. The number of carbonyl (C=O) groups is 1. The topological polar surface area (TPSA) is 33.2 Å². The molecule has 4 heteroatoms. The van der Waals surface area contributed by atoms with Gasteiger partial charge in [-0.3, -0.25) is 4.79 Å². The zero-order valence-electron chi connectivity index (χ0n) is 11.1. The highest BCUT2D eigenvalue weighted by Crippen LogP contribution is 2.26. The Morgan fingerprint density at radius 3 is 2.74 bits per heavy atom. The first-order chi connectivity index (χ1) is 9.25. The minimum atomic E-state index is 0.0769. The Morgan fingerprint density at radius 1 is 1.26 bits per heavy atom. The van der Waals surface area contributed by atoms with Gasteiger partial charge in [-0.15, -0.1) is 11.3 Å². The van der Waals surface area contributed by atoms with Crippen molar-refractivity contribution in [3.05, 3.63) is 29.3 Å². The van der Waals surface area contributed by atoms with Crippen LogP contribution >= 0.6 is 11.3 Å². The van der Waals surface area contributed by atoms with Crippen LogP contribution in [-0.4, -0.2) is 28.9 Å². The highest BCUT2D eigenvalue weighted by Gasteiger charge is 2.24. The SMILES string of the molecule is CN(C(=O)c1nc2ccccc2s1)C1CCCCC1. The van der Waals surface area contributed by atoms with Gasteiger partial charge in [0.25, 0.3) is 5.91 Å². The van der Waals surface area contributed by atoms with Gasteiger partial charge in [-0.1, -0.05) is 31.4 Å². The molecular formula is C15H18N2OS. The lowest BCUT2D eigenvalue weighted by molar-refractivity contribution is 0.0696. The number of aromatic nitrogens is 1. The van der Waals surface area contributed by atoms with E-state index in [2.05, 4.69) is 4.98 Å². The van der Waals surface area contributed by atoms with E-state index in [1.54, 1.807) is 0 Å². The lowest BCUT2D eigenvalue weighted by atomic mass is 9.94. The number of fused-ring (bicyclic) bond motifs is 1. The molecule has 1 aromatic carbocycles. The third kappa shape index (κ3) is 2.50. The fraction of sp³-hybridized carbons (Fsp3) is 0.467. The number of para-hydroxylation sites is 1. The van der Waals surface area contributed by atoms with Crippen LogP contribution in [0.2, 0.25) is 0 Å². The number of amides is 1. The van der Waals surface area contributed by atoms with Gasteiger partial charge in [-0.05, 0) is 25.0 Å². The van der Waals surface area contributed by atoms with Gasteiger partial charge in [0.1, 0.15) is 0 Å². The van der Waals surface area contributed by atoms with E-state index in [0.717, 1.165) is 23.1 Å². The summed E-state index contributed by atoms with van der Waals surface area (Å²) in [5, 5.41) is 0.620. The maximum atomic E-state index is 12.5. The smallest absolute Gasteiger partial charge is 0.282 e. The third-order valence-corrected chi connectivity index (χ3v) is 4.94. The van der Waals surface area contributed by atoms with Crippen LogP contribution in [0.3, 0.4) is 0 Å². The highest BCUT2D eigenvalue weighted by atomic mass is 32.1. The number of carbonyl (C=O) groups excluding carboxylic acids is 1. The van der Waals surface area contributed by atoms with Crippen molar-refractivity contribution in [2.45, 2.75) is 38.1 Å². The number of rotatable bonds is 2. The molecule has 2 aromatic rings. The van der Waals surface area contributed by atoms with Gasteiger partial charge in [-0.2, -0.15) is 0 Å². The molecule has 3 rings (SSSR count). The van der Waals surface area contributed by atoms with Crippen molar-refractivity contribution < 1.29 is 4.79 Å². The highest BCUT2D eigenvalue weighted by molar-refractivity contribution is 7.20. The first-order valence-electron chi connectivity index (χ1n) is 6.88. The molecule has 100 valence electrons. The molecule has 0 unspecified atom stereocenters. The monoisotopic (exact) mass is 274 g/mol. The summed E-state index contributed by atoms with van der Waals surface area (Å²) in [7, 11) is 1.92. The molecule has 1 amide bonds. The predicted octanol–water partition coefficient (Wildman–Crippen LogP) is 3.70. The summed E-state index contributed by atoms with van der Waals surface area (Å²) in [5.41, 5.74) is 0.924. The van der Waals surface area contributed by atoms with E-state index in [-0.39, 0.29) is 5.91 Å². The average Bonchev–Trinajstić information content (AvgIpc) is 2.90. The van der Waals surface area contributed by atoms with E-state index in [1.807, 2.05) is 36.2 Å². The number of nitrogens with zero attached hydrogens (tertiary/aromatic N) is 2. The second kappa shape index (κ2) is 5.29. The molecule has 1 saturated carbocycles. The van der Waals surface area contributed by atoms with E-state index < -0.39 is 0 Å². The summed E-state index contributed by atoms with van der Waals surface area (Å²) < 4.78 is 1.09. The normalized spacial score (nSPS) is 16.7. The van der Waals surface area contributed by atoms with Gasteiger partial charge in [0.05, 0.1) is 10.2 Å². The van der Waals surface area contributed by atoms with E-state index in [4.69, 9.17) is 0 Å². The van der Waals surface area contributed by atoms with E-state index in [9.17, 15) is 4.79 Å². The predicted molar refractivity (Wildman–Crippen MR) is 78.6 cm³/mol. The number of hydrogen-bond acceptors (Lipinski definition) is 3. The number of hydrogen-bond donors (Lipinski definition) is 0. The zero-order chi connectivity index (χ0) is 13.2. The van der Waals surface area contributed by atoms with Crippen LogP contribution in [-0.2, 0) is 0 Å². The first kappa shape index (κ1) is 12.6. The van der Waals surface area contributed by atoms with Crippen LogP contribution in [0.15, 0.2) is 24.3 Å². The molecule has 0 bridgehead atoms. The van der Waals surface area contributed by atoms with Crippen LogP contribution in [0.25, 0.3) is 10.2 Å². The lowest BCUT2D eigenvalue weighted by Crippen LogP contribution is -2.38. The van der Waals surface area contributed by atoms with Crippen molar-refractivity contribution in [2.75, 3.05) is 7.05 Å². The standard InChI is InChI=1S/C15H18N2OS/c1-17(11-7-3-2-4-8-11)15(18)14-16-12-9-5-6-10-13(12)19-14/h5-6,9-11H,2-4,7-8H2,1H3.